The number of carbonyl (C=O) groups is 1. The first-order valence-corrected chi connectivity index (χ1v) is 13.3. The zero-order chi connectivity index (χ0) is 26.2. The van der Waals surface area contributed by atoms with Gasteiger partial charge in [0.25, 0.3) is 0 Å². The van der Waals surface area contributed by atoms with E-state index in [9.17, 15) is 18.0 Å². The minimum Gasteiger partial charge on any atom is -0.379 e. The summed E-state index contributed by atoms with van der Waals surface area (Å²) < 4.78 is 49.5. The fourth-order valence-electron chi connectivity index (χ4n) is 5.76. The summed E-state index contributed by atoms with van der Waals surface area (Å²) in [5.74, 6) is -2.15. The van der Waals surface area contributed by atoms with E-state index in [1.165, 1.54) is 0 Å². The van der Waals surface area contributed by atoms with E-state index in [0.29, 0.717) is 48.9 Å². The zero-order valence-corrected chi connectivity index (χ0v) is 20.9. The maximum atomic E-state index is 14.4. The lowest BCUT2D eigenvalue weighted by Gasteiger charge is -2.30. The number of rotatable bonds is 6. The topological polar surface area (TPSA) is 97.2 Å². The fourth-order valence-corrected chi connectivity index (χ4v) is 5.76. The highest BCUT2D eigenvalue weighted by Crippen LogP contribution is 2.33. The average molecular weight is 530 g/mol. The van der Waals surface area contributed by atoms with Crippen molar-refractivity contribution in [2.24, 2.45) is 5.92 Å². The number of likely N-dealkylation sites (tertiary alicyclic amines) is 1. The Morgan fingerprint density at radius 1 is 1.00 bits per heavy atom. The van der Waals surface area contributed by atoms with Crippen LogP contribution < -0.4 is 10.6 Å². The van der Waals surface area contributed by atoms with Crippen molar-refractivity contribution >= 4 is 34.7 Å². The number of nitrogens with one attached hydrogen (secondary N) is 2. The first-order valence-electron chi connectivity index (χ1n) is 13.3. The minimum absolute atomic E-state index is 0.0826. The third-order valence-electron chi connectivity index (χ3n) is 7.77. The Hall–Kier alpha value is -3.41. The molecule has 1 aromatic carbocycles. The van der Waals surface area contributed by atoms with Gasteiger partial charge in [0, 0.05) is 43.8 Å². The van der Waals surface area contributed by atoms with Crippen molar-refractivity contribution < 1.29 is 22.7 Å². The summed E-state index contributed by atoms with van der Waals surface area (Å²) in [4.78, 5) is 28.4. The zero-order valence-electron chi connectivity index (χ0n) is 20.9. The number of hydrogen-bond acceptors (Lipinski definition) is 7. The molecule has 6 rings (SSSR count). The van der Waals surface area contributed by atoms with Gasteiger partial charge in [-0.2, -0.15) is 4.98 Å². The molecular weight excluding hydrogens is 499 g/mol. The van der Waals surface area contributed by atoms with Crippen molar-refractivity contribution in [3.63, 3.8) is 0 Å². The summed E-state index contributed by atoms with van der Waals surface area (Å²) in [6.45, 7) is 2.69. The largest absolute Gasteiger partial charge is 0.379 e. The molecule has 12 heteroatoms. The van der Waals surface area contributed by atoms with Crippen LogP contribution in [0.25, 0.3) is 11.2 Å². The quantitative estimate of drug-likeness (QED) is 0.484. The monoisotopic (exact) mass is 529 g/mol. The fraction of sp³-hybridized carbons (Fsp3) is 0.538. The SMILES string of the molecule is O=C(C1CCC(Nc2ncc3nc(Nc4c(F)cc(F)cc4F)n([C@H]4CCOC4)c3n2)CC1)N1CCCC1. The smallest absolute Gasteiger partial charge is 0.225 e. The number of fused-ring (bicyclic) bond motifs is 1. The van der Waals surface area contributed by atoms with E-state index < -0.39 is 23.1 Å². The Morgan fingerprint density at radius 3 is 2.42 bits per heavy atom. The van der Waals surface area contributed by atoms with Crippen LogP contribution in [-0.4, -0.2) is 62.7 Å². The van der Waals surface area contributed by atoms with Crippen molar-refractivity contribution in [3.05, 3.63) is 35.8 Å². The molecule has 3 fully saturated rings. The van der Waals surface area contributed by atoms with E-state index in [1.54, 1.807) is 10.8 Å². The van der Waals surface area contributed by atoms with Gasteiger partial charge in [0.05, 0.1) is 18.8 Å². The van der Waals surface area contributed by atoms with Crippen LogP contribution in [0.2, 0.25) is 0 Å². The van der Waals surface area contributed by atoms with Gasteiger partial charge >= 0.3 is 0 Å². The number of anilines is 3. The van der Waals surface area contributed by atoms with Crippen LogP contribution >= 0.6 is 0 Å². The molecule has 1 atom stereocenters. The first-order chi connectivity index (χ1) is 18.5. The second-order valence-corrected chi connectivity index (χ2v) is 10.3. The molecule has 1 amide bonds. The summed E-state index contributed by atoms with van der Waals surface area (Å²) >= 11 is 0. The van der Waals surface area contributed by atoms with Crippen molar-refractivity contribution in [1.29, 1.82) is 0 Å². The lowest BCUT2D eigenvalue weighted by Crippen LogP contribution is -2.37. The Labute approximate surface area is 217 Å². The van der Waals surface area contributed by atoms with E-state index in [2.05, 4.69) is 20.6 Å². The Bertz CT molecular complexity index is 1310. The van der Waals surface area contributed by atoms with Crippen LogP contribution in [0, 0.1) is 23.4 Å². The van der Waals surface area contributed by atoms with Gasteiger partial charge in [0.2, 0.25) is 17.8 Å². The summed E-state index contributed by atoms with van der Waals surface area (Å²) in [7, 11) is 0. The molecule has 2 N–H and O–H groups in total. The Morgan fingerprint density at radius 2 is 1.74 bits per heavy atom. The predicted molar refractivity (Wildman–Crippen MR) is 135 cm³/mol. The van der Waals surface area contributed by atoms with Gasteiger partial charge in [0.15, 0.2) is 17.3 Å². The summed E-state index contributed by atoms with van der Waals surface area (Å²) in [5.41, 5.74) is 0.461. The first kappa shape index (κ1) is 24.9. The number of halogens is 3. The second-order valence-electron chi connectivity index (χ2n) is 10.3. The normalized spacial score (nSPS) is 23.8. The number of ether oxygens (including phenoxy) is 1. The maximum Gasteiger partial charge on any atom is 0.225 e. The summed E-state index contributed by atoms with van der Waals surface area (Å²) in [6.07, 6.45) is 7.78. The molecule has 2 saturated heterocycles. The molecule has 38 heavy (non-hydrogen) atoms. The molecule has 0 radical (unpaired) electrons. The number of benzene rings is 1. The van der Waals surface area contributed by atoms with Gasteiger partial charge in [-0.05, 0) is 44.9 Å². The lowest BCUT2D eigenvalue weighted by molar-refractivity contribution is -0.135. The number of imidazole rings is 1. The van der Waals surface area contributed by atoms with Crippen molar-refractivity contribution in [3.8, 4) is 0 Å². The molecule has 3 aromatic rings. The molecule has 3 aliphatic rings. The standard InChI is InChI=1S/C26H30F3N7O2/c27-16-11-19(28)22(20(29)12-16)33-26-32-21-13-30-25(34-23(21)36(26)18-7-10-38-14-18)31-17-5-3-15(4-6-17)24(37)35-8-1-2-9-35/h11-13,15,17-18H,1-10,14H2,(H,32,33)(H,30,31,34)/t15?,17?,18-/m0/s1. The predicted octanol–water partition coefficient (Wildman–Crippen LogP) is 4.54. The van der Waals surface area contributed by atoms with Crippen LogP contribution in [0.1, 0.15) is 51.0 Å². The number of amides is 1. The number of nitrogens with zero attached hydrogens (tertiary/aromatic N) is 5. The molecule has 2 aliphatic heterocycles. The maximum absolute atomic E-state index is 14.4. The number of aromatic nitrogens is 4. The number of hydrogen-bond donors (Lipinski definition) is 2. The number of carbonyl (C=O) groups excluding carboxylic acids is 1. The van der Waals surface area contributed by atoms with Gasteiger partial charge in [0.1, 0.15) is 17.0 Å². The van der Waals surface area contributed by atoms with Crippen molar-refractivity contribution in [2.45, 2.75) is 57.0 Å². The molecule has 202 valence electrons. The molecule has 0 bridgehead atoms. The Kier molecular flexibility index (Phi) is 6.81. The van der Waals surface area contributed by atoms with Crippen LogP contribution in [-0.2, 0) is 9.53 Å². The summed E-state index contributed by atoms with van der Waals surface area (Å²) in [5, 5.41) is 6.10. The van der Waals surface area contributed by atoms with E-state index in [-0.39, 0.29) is 29.9 Å². The molecule has 9 nitrogen and oxygen atoms in total. The molecule has 0 unspecified atom stereocenters. The molecule has 0 spiro atoms. The van der Waals surface area contributed by atoms with E-state index in [0.717, 1.165) is 51.6 Å². The Balaban J connectivity index is 1.22. The molecule has 4 heterocycles. The van der Waals surface area contributed by atoms with Gasteiger partial charge in [-0.15, -0.1) is 0 Å². The van der Waals surface area contributed by atoms with Crippen LogP contribution in [0.5, 0.6) is 0 Å². The van der Waals surface area contributed by atoms with Crippen LogP contribution in [0.3, 0.4) is 0 Å². The van der Waals surface area contributed by atoms with Crippen molar-refractivity contribution in [2.75, 3.05) is 36.9 Å². The van der Waals surface area contributed by atoms with E-state index in [1.807, 2.05) is 4.90 Å². The van der Waals surface area contributed by atoms with Crippen LogP contribution in [0.15, 0.2) is 18.3 Å². The van der Waals surface area contributed by atoms with Gasteiger partial charge < -0.3 is 20.3 Å². The average Bonchev–Trinajstić information content (AvgIpc) is 3.67. The highest BCUT2D eigenvalue weighted by Gasteiger charge is 2.31. The molecule has 2 aromatic heterocycles. The van der Waals surface area contributed by atoms with Gasteiger partial charge in [-0.1, -0.05) is 0 Å². The van der Waals surface area contributed by atoms with Crippen molar-refractivity contribution in [1.82, 2.24) is 24.4 Å². The van der Waals surface area contributed by atoms with E-state index in [4.69, 9.17) is 9.72 Å². The lowest BCUT2D eigenvalue weighted by atomic mass is 9.85. The van der Waals surface area contributed by atoms with Crippen LogP contribution in [0.4, 0.5) is 30.8 Å². The van der Waals surface area contributed by atoms with Gasteiger partial charge in [-0.25, -0.2) is 23.1 Å². The second kappa shape index (κ2) is 10.4. The third-order valence-corrected chi connectivity index (χ3v) is 7.77. The van der Waals surface area contributed by atoms with E-state index >= 15 is 0 Å². The van der Waals surface area contributed by atoms with Gasteiger partial charge in [-0.3, -0.25) is 9.36 Å². The third kappa shape index (κ3) is 4.89. The highest BCUT2D eigenvalue weighted by atomic mass is 19.1. The molecule has 1 saturated carbocycles. The molecule has 1 aliphatic carbocycles. The highest BCUT2D eigenvalue weighted by molar-refractivity contribution is 5.79. The molecular formula is C26H30F3N7O2. The summed E-state index contributed by atoms with van der Waals surface area (Å²) in [6, 6.07) is 1.23. The minimum atomic E-state index is -1.06.